The molecule has 26 atom stereocenters. The Bertz CT molecular complexity index is 1800. The highest BCUT2D eigenvalue weighted by Crippen LogP contribution is 2.79. The van der Waals surface area contributed by atoms with Gasteiger partial charge in [0.25, 0.3) is 0 Å². The van der Waals surface area contributed by atoms with E-state index < -0.39 is 116 Å². The average molecular weight is 927 g/mol. The van der Waals surface area contributed by atoms with Gasteiger partial charge in [-0.3, -0.25) is 0 Å². The van der Waals surface area contributed by atoms with Crippen molar-refractivity contribution in [3.05, 3.63) is 11.6 Å². The lowest BCUT2D eigenvalue weighted by Crippen LogP contribution is -2.69. The molecule has 9 rings (SSSR count). The Morgan fingerprint density at radius 1 is 0.615 bits per heavy atom. The molecule has 0 aromatic rings. The predicted octanol–water partition coefficient (Wildman–Crippen LogP) is 0.627. The lowest BCUT2D eigenvalue weighted by Gasteiger charge is -2.71. The van der Waals surface area contributed by atoms with Gasteiger partial charge < -0.3 is 84.2 Å². The topological polar surface area (TPSA) is 270 Å². The Balaban J connectivity index is 0.981. The van der Waals surface area contributed by atoms with Gasteiger partial charge in [-0.25, -0.2) is 0 Å². The van der Waals surface area contributed by atoms with Gasteiger partial charge in [0.2, 0.25) is 0 Å². The predicted molar refractivity (Wildman–Crippen MR) is 228 cm³/mol. The molecule has 0 bridgehead atoms. The van der Waals surface area contributed by atoms with Crippen LogP contribution in [-0.4, -0.2) is 181 Å². The summed E-state index contributed by atoms with van der Waals surface area (Å²) < 4.78 is 43.8. The summed E-state index contributed by atoms with van der Waals surface area (Å²) in [5.41, 5.74) is -0.465. The number of fused-ring (bicyclic) bond motifs is 10. The van der Waals surface area contributed by atoms with Gasteiger partial charge in [-0.1, -0.05) is 60.1 Å². The van der Waals surface area contributed by atoms with E-state index in [1.807, 2.05) is 0 Å². The second kappa shape index (κ2) is 16.6. The van der Waals surface area contributed by atoms with Gasteiger partial charge in [-0.05, 0) is 92.3 Å². The van der Waals surface area contributed by atoms with Crippen LogP contribution in [-0.2, 0) is 33.2 Å². The van der Waals surface area contributed by atoms with Crippen LogP contribution in [0.15, 0.2) is 11.6 Å². The van der Waals surface area contributed by atoms with Crippen molar-refractivity contribution < 1.29 is 84.2 Å². The van der Waals surface area contributed by atoms with Crippen molar-refractivity contribution in [1.29, 1.82) is 0 Å². The van der Waals surface area contributed by atoms with Gasteiger partial charge in [0.1, 0.15) is 61.0 Å². The normalized spacial score (nSPS) is 58.0. The number of aliphatic hydroxyl groups excluding tert-OH is 10. The quantitative estimate of drug-likeness (QED) is 0.0909. The number of hydrogen-bond acceptors (Lipinski definition) is 17. The molecule has 372 valence electrons. The molecule has 5 aliphatic carbocycles. The maximum atomic E-state index is 12.6. The first-order valence-corrected chi connectivity index (χ1v) is 24.3. The second-order valence-corrected chi connectivity index (χ2v) is 23.9. The van der Waals surface area contributed by atoms with Gasteiger partial charge >= 0.3 is 0 Å². The number of ether oxygens (including phenoxy) is 7. The van der Waals surface area contributed by atoms with Crippen LogP contribution >= 0.6 is 0 Å². The van der Waals surface area contributed by atoms with Crippen molar-refractivity contribution in [2.75, 3.05) is 13.2 Å². The lowest BCUT2D eigenvalue weighted by molar-refractivity contribution is -0.396. The Labute approximate surface area is 382 Å². The van der Waals surface area contributed by atoms with Gasteiger partial charge in [-0.2, -0.15) is 0 Å². The van der Waals surface area contributed by atoms with Crippen LogP contribution in [0.3, 0.4) is 0 Å². The summed E-state index contributed by atoms with van der Waals surface area (Å²) in [4.78, 5) is 0. The van der Waals surface area contributed by atoms with E-state index >= 15 is 0 Å². The van der Waals surface area contributed by atoms with Crippen molar-refractivity contribution >= 4 is 0 Å². The van der Waals surface area contributed by atoms with Gasteiger partial charge in [0.15, 0.2) is 18.9 Å². The molecule has 17 heteroatoms. The molecule has 8 fully saturated rings. The van der Waals surface area contributed by atoms with Crippen LogP contribution in [0.25, 0.3) is 0 Å². The zero-order valence-electron chi connectivity index (χ0n) is 39.5. The minimum absolute atomic E-state index is 0.0157. The molecule has 0 aromatic heterocycles. The second-order valence-electron chi connectivity index (χ2n) is 23.9. The van der Waals surface area contributed by atoms with Crippen LogP contribution in [0.4, 0.5) is 0 Å². The SMILES string of the molecule is CC1OC(OC2C(OC3C(OC4CCC5(C)C(CCC6(C)C5C(O)C=C5C7CC(C)(C)CCC7(CO)C7OC7C56C)C4(C)C)OC(C)C(O)C3O)OC(CO)C(O)C2O)C(O)C(O)C1O. The molecule has 0 spiro atoms. The molecule has 17 nitrogen and oxygen atoms in total. The van der Waals surface area contributed by atoms with Crippen LogP contribution in [0.5, 0.6) is 0 Å². The third-order valence-corrected chi connectivity index (χ3v) is 19.6. The largest absolute Gasteiger partial charge is 0.396 e. The van der Waals surface area contributed by atoms with E-state index in [9.17, 15) is 51.1 Å². The number of aliphatic hydroxyl groups is 10. The van der Waals surface area contributed by atoms with Gasteiger partial charge in [0, 0.05) is 16.7 Å². The maximum absolute atomic E-state index is 12.6. The Kier molecular flexibility index (Phi) is 12.5. The van der Waals surface area contributed by atoms with Gasteiger partial charge in [-0.15, -0.1) is 0 Å². The molecule has 0 amide bonds. The minimum atomic E-state index is -1.81. The van der Waals surface area contributed by atoms with Crippen molar-refractivity contribution in [1.82, 2.24) is 0 Å². The molecule has 4 saturated carbocycles. The van der Waals surface area contributed by atoms with E-state index in [1.54, 1.807) is 6.92 Å². The summed E-state index contributed by atoms with van der Waals surface area (Å²) in [6.07, 6.45) is -15.7. The number of hydrogen-bond donors (Lipinski definition) is 10. The first-order valence-electron chi connectivity index (χ1n) is 24.3. The van der Waals surface area contributed by atoms with Gasteiger partial charge in [0.05, 0.1) is 49.8 Å². The highest BCUT2D eigenvalue weighted by atomic mass is 16.8. The highest BCUT2D eigenvalue weighted by molar-refractivity contribution is 5.41. The van der Waals surface area contributed by atoms with E-state index in [1.165, 1.54) is 12.5 Å². The zero-order chi connectivity index (χ0) is 47.3. The summed E-state index contributed by atoms with van der Waals surface area (Å²) in [6, 6.07) is 0. The Morgan fingerprint density at radius 2 is 1.22 bits per heavy atom. The molecular weight excluding hydrogens is 849 g/mol. The molecule has 0 aromatic carbocycles. The molecule has 9 aliphatic rings. The molecule has 0 radical (unpaired) electrons. The molecule has 4 heterocycles. The van der Waals surface area contributed by atoms with Crippen molar-refractivity contribution in [2.45, 2.75) is 224 Å². The first-order chi connectivity index (χ1) is 30.3. The Morgan fingerprint density at radius 3 is 1.86 bits per heavy atom. The van der Waals surface area contributed by atoms with Crippen molar-refractivity contribution in [2.24, 2.45) is 50.2 Å². The number of rotatable bonds is 8. The Hall–Kier alpha value is -0.940. The van der Waals surface area contributed by atoms with Crippen LogP contribution in [0.2, 0.25) is 0 Å². The van der Waals surface area contributed by atoms with Crippen molar-refractivity contribution in [3.8, 4) is 0 Å². The minimum Gasteiger partial charge on any atom is -0.396 e. The summed E-state index contributed by atoms with van der Waals surface area (Å²) in [7, 11) is 0. The van der Waals surface area contributed by atoms with E-state index in [-0.39, 0.29) is 63.6 Å². The smallest absolute Gasteiger partial charge is 0.187 e. The molecule has 10 N–H and O–H groups in total. The van der Waals surface area contributed by atoms with E-state index in [2.05, 4.69) is 54.5 Å². The fourth-order valence-electron chi connectivity index (χ4n) is 15.6. The standard InChI is InChI=1S/C48H78O17/c1-20-28(52)31(55)34(58)40(59-20)63-36-33(57)30(54)25(18-49)61-42(36)64-35-32(56)29(53)21(2)60-41(35)62-27-11-12-45(7)26(44(27,5)6)10-13-46(8)37(45)24(51)16-22-23-17-43(3,4)14-15-48(23,19-50)39-38(65-39)47(22,46)9/h16,20-21,23-42,49-58H,10-15,17-19H2,1-9H3. The maximum Gasteiger partial charge on any atom is 0.187 e. The summed E-state index contributed by atoms with van der Waals surface area (Å²) in [5, 5.41) is 110. The molecule has 4 aliphatic heterocycles. The van der Waals surface area contributed by atoms with Crippen LogP contribution in [0, 0.1) is 50.2 Å². The molecular formula is C48H78O17. The van der Waals surface area contributed by atoms with Crippen molar-refractivity contribution in [3.63, 3.8) is 0 Å². The van der Waals surface area contributed by atoms with E-state index in [0.717, 1.165) is 32.1 Å². The van der Waals surface area contributed by atoms with E-state index in [4.69, 9.17) is 33.2 Å². The summed E-state index contributed by atoms with van der Waals surface area (Å²) in [5.74, 6) is 0.0811. The molecule has 4 saturated heterocycles. The third-order valence-electron chi connectivity index (χ3n) is 19.6. The highest BCUT2D eigenvalue weighted by Gasteiger charge is 2.79. The number of epoxide rings is 1. The fraction of sp³-hybridized carbons (Fsp3) is 0.958. The summed E-state index contributed by atoms with van der Waals surface area (Å²) in [6.45, 7) is 18.5. The van der Waals surface area contributed by atoms with Crippen LogP contribution < -0.4 is 0 Å². The first kappa shape index (κ1) is 49.1. The lowest BCUT2D eigenvalue weighted by atomic mass is 9.33. The van der Waals surface area contributed by atoms with Crippen LogP contribution in [0.1, 0.15) is 107 Å². The monoisotopic (exact) mass is 927 g/mol. The molecule has 65 heavy (non-hydrogen) atoms. The average Bonchev–Trinajstić information content (AvgIpc) is 4.06. The molecule has 26 unspecified atom stereocenters. The fourth-order valence-corrected chi connectivity index (χ4v) is 15.6. The summed E-state index contributed by atoms with van der Waals surface area (Å²) >= 11 is 0. The van der Waals surface area contributed by atoms with E-state index in [0.29, 0.717) is 12.8 Å². The zero-order valence-corrected chi connectivity index (χ0v) is 39.5. The third kappa shape index (κ3) is 7.17.